The molecule has 0 atom stereocenters. The van der Waals surface area contributed by atoms with Crippen molar-refractivity contribution in [2.24, 2.45) is 0 Å². The third-order valence-electron chi connectivity index (χ3n) is 8.36. The van der Waals surface area contributed by atoms with Gasteiger partial charge in [-0.2, -0.15) is 0 Å². The van der Waals surface area contributed by atoms with E-state index in [1.165, 1.54) is 11.1 Å². The molecule has 0 N–H and O–H groups in total. The molecule has 0 aliphatic heterocycles. The fraction of sp³-hybridized carbons (Fsp3) is 0.0909. The quantitative estimate of drug-likeness (QED) is 0.157. The maximum atomic E-state index is 8.62. The number of aromatic nitrogens is 2. The first-order valence-electron chi connectivity index (χ1n) is 16.7. The third-order valence-corrected chi connectivity index (χ3v) is 8.36. The monoisotopic (exact) mass is 801 g/mol. The molecular weight excluding hydrogens is 765 g/mol. The fourth-order valence-corrected chi connectivity index (χ4v) is 5.89. The van der Waals surface area contributed by atoms with Crippen molar-refractivity contribution in [3.05, 3.63) is 192 Å². The van der Waals surface area contributed by atoms with E-state index in [1.54, 1.807) is 30.5 Å². The topological polar surface area (TPSA) is 38.9 Å². The molecule has 0 amide bonds. The van der Waals surface area contributed by atoms with Crippen molar-refractivity contribution in [1.29, 1.82) is 0 Å². The Balaban J connectivity index is 0.000000177. The molecule has 0 saturated carbocycles. The molecule has 48 heavy (non-hydrogen) atoms. The molecule has 0 unspecified atom stereocenters. The van der Waals surface area contributed by atoms with Crippen LogP contribution in [0.5, 0.6) is 0 Å². The maximum Gasteiger partial charge on any atom is 0.120 e. The summed E-state index contributed by atoms with van der Waals surface area (Å²) in [4.78, 5) is 9.09. The van der Waals surface area contributed by atoms with E-state index in [-0.39, 0.29) is 25.5 Å². The molecule has 5 aromatic carbocycles. The van der Waals surface area contributed by atoms with Crippen molar-refractivity contribution in [2.75, 3.05) is 0 Å². The maximum absolute atomic E-state index is 8.62. The summed E-state index contributed by atoms with van der Waals surface area (Å²) < 4.78 is 23.3. The van der Waals surface area contributed by atoms with Gasteiger partial charge in [0.05, 0.1) is 5.58 Å². The number of hydrogen-bond donors (Lipinski definition) is 0. The second-order valence-corrected chi connectivity index (χ2v) is 11.8. The Hall–Kier alpha value is -5.15. The van der Waals surface area contributed by atoms with Crippen molar-refractivity contribution in [3.8, 4) is 22.5 Å². The van der Waals surface area contributed by atoms with Crippen molar-refractivity contribution in [3.63, 3.8) is 0 Å². The number of furan rings is 1. The van der Waals surface area contributed by atoms with Gasteiger partial charge in [0.1, 0.15) is 5.58 Å². The summed E-state index contributed by atoms with van der Waals surface area (Å²) in [5.74, 6) is 0. The van der Waals surface area contributed by atoms with E-state index in [9.17, 15) is 0 Å². The Bertz CT molecular complexity index is 2340. The van der Waals surface area contributed by atoms with E-state index in [4.69, 9.17) is 7.16 Å². The summed E-state index contributed by atoms with van der Waals surface area (Å²) in [7, 11) is 0. The summed E-state index contributed by atoms with van der Waals surface area (Å²) in [5.41, 5.74) is 8.51. The molecule has 0 fully saturated rings. The van der Waals surface area contributed by atoms with Crippen LogP contribution in [0.3, 0.4) is 0 Å². The second kappa shape index (κ2) is 14.7. The molecule has 3 aromatic heterocycles. The van der Waals surface area contributed by atoms with Crippen LogP contribution in [0.2, 0.25) is 0 Å². The largest absolute Gasteiger partial charge is 0.501 e. The SMILES string of the molecule is CC(C)(c1ccccc1)c1cccnc1-c1[c-]cccc1.[2H]C([2H])(c1ccccc1)c1ccnc(-c2[c-]ccc3c2oc2ccccc23)c1.[Ir]. The Morgan fingerprint density at radius 2 is 1.42 bits per heavy atom. The van der Waals surface area contributed by atoms with Gasteiger partial charge in [-0.25, -0.2) is 0 Å². The van der Waals surface area contributed by atoms with Crippen LogP contribution in [-0.2, 0) is 31.9 Å². The normalized spacial score (nSPS) is 12.0. The number of para-hydroxylation sites is 1. The average Bonchev–Trinajstić information content (AvgIpc) is 3.55. The zero-order valence-corrected chi connectivity index (χ0v) is 29.0. The van der Waals surface area contributed by atoms with E-state index < -0.39 is 6.37 Å². The molecule has 0 bridgehead atoms. The first kappa shape index (κ1) is 30.2. The van der Waals surface area contributed by atoms with Crippen LogP contribution >= 0.6 is 0 Å². The predicted octanol–water partition coefficient (Wildman–Crippen LogP) is 10.9. The van der Waals surface area contributed by atoms with Crippen LogP contribution in [0.4, 0.5) is 0 Å². The van der Waals surface area contributed by atoms with Gasteiger partial charge in [0.15, 0.2) is 0 Å². The van der Waals surface area contributed by atoms with E-state index >= 15 is 0 Å². The summed E-state index contributed by atoms with van der Waals surface area (Å²) in [6.45, 7) is 4.48. The van der Waals surface area contributed by atoms with Crippen LogP contribution in [0.15, 0.2) is 162 Å². The van der Waals surface area contributed by atoms with Gasteiger partial charge >= 0.3 is 0 Å². The van der Waals surface area contributed by atoms with Gasteiger partial charge in [-0.05, 0) is 52.7 Å². The standard InChI is InChI=1S/C24H16NO.C20H18N.Ir/c1-2-7-17(8-3-1)15-18-13-14-25-22(16-18)21-11-6-10-20-19-9-4-5-12-23(19)26-24(20)21;1-20(2,17-12-7-4-8-13-17)18-14-9-15-21-19(18)16-10-5-3-6-11-16;/h1-10,12-14,16H,15H2;3-10,12-15H,1-2H3;/q2*-1;/i15D2;;. The number of nitrogens with zero attached hydrogens (tertiary/aromatic N) is 2. The van der Waals surface area contributed by atoms with Gasteiger partial charge in [0.2, 0.25) is 0 Å². The minimum atomic E-state index is -1.62. The van der Waals surface area contributed by atoms with Crippen LogP contribution in [0.25, 0.3) is 44.5 Å². The first-order chi connectivity index (χ1) is 23.8. The summed E-state index contributed by atoms with van der Waals surface area (Å²) in [5, 5.41) is 2.05. The Morgan fingerprint density at radius 1 is 0.667 bits per heavy atom. The zero-order chi connectivity index (χ0) is 33.8. The smallest absolute Gasteiger partial charge is 0.120 e. The van der Waals surface area contributed by atoms with Gasteiger partial charge in [0.25, 0.3) is 0 Å². The number of rotatable bonds is 6. The molecular formula is C44H34IrN2O-2. The first-order valence-corrected chi connectivity index (χ1v) is 15.7. The number of benzene rings is 5. The molecule has 0 aliphatic rings. The molecule has 0 spiro atoms. The predicted molar refractivity (Wildman–Crippen MR) is 192 cm³/mol. The van der Waals surface area contributed by atoms with Gasteiger partial charge in [0, 0.05) is 46.0 Å². The van der Waals surface area contributed by atoms with Crippen LogP contribution in [0.1, 0.15) is 38.8 Å². The van der Waals surface area contributed by atoms with E-state index in [1.807, 2.05) is 85.1 Å². The van der Waals surface area contributed by atoms with Gasteiger partial charge < -0.3 is 14.4 Å². The van der Waals surface area contributed by atoms with Crippen LogP contribution < -0.4 is 0 Å². The van der Waals surface area contributed by atoms with Crippen molar-refractivity contribution in [1.82, 2.24) is 9.97 Å². The fourth-order valence-electron chi connectivity index (χ4n) is 5.89. The molecule has 8 aromatic rings. The molecule has 237 valence electrons. The molecule has 4 heteroatoms. The minimum absolute atomic E-state index is 0. The van der Waals surface area contributed by atoms with Crippen molar-refractivity contribution in [2.45, 2.75) is 25.6 Å². The number of hydrogen-bond acceptors (Lipinski definition) is 3. The molecule has 8 rings (SSSR count). The average molecular weight is 801 g/mol. The third kappa shape index (κ3) is 6.92. The van der Waals surface area contributed by atoms with Crippen molar-refractivity contribution < 1.29 is 27.3 Å². The van der Waals surface area contributed by atoms with Gasteiger partial charge in [-0.1, -0.05) is 121 Å². The number of pyridine rings is 2. The minimum Gasteiger partial charge on any atom is -0.501 e. The summed E-state index contributed by atoms with van der Waals surface area (Å²) >= 11 is 0. The molecule has 0 saturated heterocycles. The van der Waals surface area contributed by atoms with E-state index in [2.05, 4.69) is 78.4 Å². The van der Waals surface area contributed by atoms with E-state index in [0.29, 0.717) is 22.4 Å². The van der Waals surface area contributed by atoms with E-state index in [0.717, 1.165) is 33.2 Å². The molecule has 0 aliphatic carbocycles. The van der Waals surface area contributed by atoms with Crippen LogP contribution in [0, 0.1) is 12.1 Å². The van der Waals surface area contributed by atoms with Crippen molar-refractivity contribution >= 4 is 21.9 Å². The zero-order valence-electron chi connectivity index (χ0n) is 28.6. The Morgan fingerprint density at radius 3 is 2.21 bits per heavy atom. The summed E-state index contributed by atoms with van der Waals surface area (Å²) in [6.07, 6.45) is 1.86. The molecule has 3 nitrogen and oxygen atoms in total. The Kier molecular flexibility index (Phi) is 9.27. The molecule has 1 radical (unpaired) electrons. The number of fused-ring (bicyclic) bond motifs is 3. The Labute approximate surface area is 298 Å². The van der Waals surface area contributed by atoms with Crippen LogP contribution in [-0.4, -0.2) is 9.97 Å². The van der Waals surface area contributed by atoms with Gasteiger partial charge in [-0.15, -0.1) is 54.1 Å². The second-order valence-electron chi connectivity index (χ2n) is 11.8. The van der Waals surface area contributed by atoms with Gasteiger partial charge in [-0.3, -0.25) is 0 Å². The summed E-state index contributed by atoms with van der Waals surface area (Å²) in [6, 6.07) is 53.7. The molecule has 3 heterocycles.